The molecule has 0 aromatic carbocycles. The van der Waals surface area contributed by atoms with Crippen LogP contribution in [0, 0.1) is 0 Å². The highest BCUT2D eigenvalue weighted by molar-refractivity contribution is 7.47. The third-order valence-corrected chi connectivity index (χ3v) is 9.81. The Morgan fingerprint density at radius 3 is 1.55 bits per heavy atom. The van der Waals surface area contributed by atoms with Gasteiger partial charge >= 0.3 is 19.8 Å². The molecule has 3 N–H and O–H groups in total. The van der Waals surface area contributed by atoms with E-state index in [4.69, 9.17) is 24.3 Å². The van der Waals surface area contributed by atoms with Gasteiger partial charge in [0.05, 0.1) is 13.2 Å². The number of nitrogens with two attached hydrogens (primary N) is 1. The van der Waals surface area contributed by atoms with Gasteiger partial charge in [0.15, 0.2) is 6.10 Å². The van der Waals surface area contributed by atoms with Gasteiger partial charge < -0.3 is 20.1 Å². The maximum atomic E-state index is 12.6. The Hall–Kier alpha value is -2.03. The normalized spacial score (nSPS) is 13.8. The summed E-state index contributed by atoms with van der Waals surface area (Å²) >= 11 is 0. The Morgan fingerprint density at radius 2 is 1.04 bits per heavy atom. The van der Waals surface area contributed by atoms with Crippen molar-refractivity contribution in [1.29, 1.82) is 0 Å². The van der Waals surface area contributed by atoms with Crippen LogP contribution < -0.4 is 5.73 Å². The van der Waals surface area contributed by atoms with E-state index in [2.05, 4.69) is 32.1 Å². The molecule has 0 aliphatic carbocycles. The fraction of sp³-hybridized carbons (Fsp3) is 0.767. The van der Waals surface area contributed by atoms with E-state index in [1.165, 1.54) is 89.9 Å². The van der Waals surface area contributed by atoms with Gasteiger partial charge in [-0.3, -0.25) is 18.6 Å². The number of phosphoric ester groups is 1. The molecule has 0 saturated carbocycles. The fourth-order valence-corrected chi connectivity index (χ4v) is 6.47. The zero-order valence-corrected chi connectivity index (χ0v) is 34.6. The van der Waals surface area contributed by atoms with E-state index in [0.29, 0.717) is 12.8 Å². The first-order valence-electron chi connectivity index (χ1n) is 21.2. The number of unbranched alkanes of at least 4 members (excludes halogenated alkanes) is 21. The smallest absolute Gasteiger partial charge is 0.462 e. The minimum atomic E-state index is -4.38. The van der Waals surface area contributed by atoms with Gasteiger partial charge in [-0.25, -0.2) is 4.57 Å². The first kappa shape index (κ1) is 51.0. The summed E-state index contributed by atoms with van der Waals surface area (Å²) in [4.78, 5) is 34.8. The van der Waals surface area contributed by atoms with Crippen LogP contribution in [0.5, 0.6) is 0 Å². The molecule has 0 spiro atoms. The Bertz CT molecular complexity index is 1010. The van der Waals surface area contributed by atoms with Crippen molar-refractivity contribution in [3.63, 3.8) is 0 Å². The fourth-order valence-electron chi connectivity index (χ4n) is 5.70. The average Bonchev–Trinajstić information content (AvgIpc) is 3.14. The van der Waals surface area contributed by atoms with E-state index in [9.17, 15) is 19.0 Å². The van der Waals surface area contributed by atoms with Gasteiger partial charge in [0.1, 0.15) is 6.61 Å². The Kier molecular flexibility index (Phi) is 38.1. The summed E-state index contributed by atoms with van der Waals surface area (Å²) in [5.41, 5.74) is 5.34. The second-order valence-electron chi connectivity index (χ2n) is 13.9. The molecule has 0 aliphatic rings. The van der Waals surface area contributed by atoms with Gasteiger partial charge in [0, 0.05) is 19.4 Å². The van der Waals surface area contributed by atoms with Crippen LogP contribution in [0.4, 0.5) is 0 Å². The van der Waals surface area contributed by atoms with E-state index in [1.54, 1.807) is 0 Å². The quantitative estimate of drug-likeness (QED) is 0.0271. The molecule has 9 nitrogen and oxygen atoms in total. The van der Waals surface area contributed by atoms with Crippen molar-refractivity contribution in [1.82, 2.24) is 0 Å². The molecule has 2 atom stereocenters. The van der Waals surface area contributed by atoms with Crippen molar-refractivity contribution in [3.05, 3.63) is 48.6 Å². The molecule has 0 aliphatic heterocycles. The summed E-state index contributed by atoms with van der Waals surface area (Å²) in [6.45, 7) is 3.57. The van der Waals surface area contributed by atoms with Crippen molar-refractivity contribution in [2.45, 2.75) is 187 Å². The molecule has 0 aromatic heterocycles. The molecule has 53 heavy (non-hydrogen) atoms. The number of rotatable bonds is 39. The lowest BCUT2D eigenvalue weighted by molar-refractivity contribution is -0.161. The van der Waals surface area contributed by atoms with Crippen molar-refractivity contribution in [3.8, 4) is 0 Å². The van der Waals surface area contributed by atoms with Crippen LogP contribution in [0.1, 0.15) is 181 Å². The molecule has 0 radical (unpaired) electrons. The maximum absolute atomic E-state index is 12.6. The molecule has 10 heteroatoms. The van der Waals surface area contributed by atoms with Crippen LogP contribution in [-0.4, -0.2) is 49.3 Å². The zero-order valence-electron chi connectivity index (χ0n) is 33.7. The highest BCUT2D eigenvalue weighted by atomic mass is 31.2. The second-order valence-corrected chi connectivity index (χ2v) is 15.4. The number of esters is 2. The van der Waals surface area contributed by atoms with Crippen LogP contribution in [0.3, 0.4) is 0 Å². The molecule has 1 unspecified atom stereocenters. The minimum Gasteiger partial charge on any atom is -0.462 e. The van der Waals surface area contributed by atoms with Crippen molar-refractivity contribution in [2.24, 2.45) is 5.73 Å². The van der Waals surface area contributed by atoms with Crippen LogP contribution >= 0.6 is 7.82 Å². The topological polar surface area (TPSA) is 134 Å². The monoisotopic (exact) mass is 768 g/mol. The SMILES string of the molecule is CC/C=C/C=C/C=C/C=C/CCCCCCCC(=O)OC[C@H](COP(=O)(O)OCCN)OC(=O)CCCCCCCCCCCCCCCCCCC. The highest BCUT2D eigenvalue weighted by Crippen LogP contribution is 2.43. The van der Waals surface area contributed by atoms with Crippen LogP contribution in [0.15, 0.2) is 48.6 Å². The van der Waals surface area contributed by atoms with Gasteiger partial charge in [0.25, 0.3) is 0 Å². The predicted molar refractivity (Wildman–Crippen MR) is 220 cm³/mol. The van der Waals surface area contributed by atoms with E-state index in [-0.39, 0.29) is 32.6 Å². The van der Waals surface area contributed by atoms with Crippen LogP contribution in [-0.2, 0) is 32.7 Å². The third-order valence-electron chi connectivity index (χ3n) is 8.82. The van der Waals surface area contributed by atoms with Gasteiger partial charge in [-0.1, -0.05) is 184 Å². The number of hydrogen-bond acceptors (Lipinski definition) is 8. The third kappa shape index (κ3) is 39.5. The van der Waals surface area contributed by atoms with Gasteiger partial charge in [-0.2, -0.15) is 0 Å². The van der Waals surface area contributed by atoms with Crippen LogP contribution in [0.25, 0.3) is 0 Å². The largest absolute Gasteiger partial charge is 0.472 e. The predicted octanol–water partition coefficient (Wildman–Crippen LogP) is 11.9. The summed E-state index contributed by atoms with van der Waals surface area (Å²) < 4.78 is 32.7. The zero-order chi connectivity index (χ0) is 38.9. The summed E-state index contributed by atoms with van der Waals surface area (Å²) in [5, 5.41) is 0. The van der Waals surface area contributed by atoms with Gasteiger partial charge in [0.2, 0.25) is 0 Å². The molecule has 0 heterocycles. The Labute approximate surface area is 324 Å². The summed E-state index contributed by atoms with van der Waals surface area (Å²) in [7, 11) is -4.38. The maximum Gasteiger partial charge on any atom is 0.472 e. The lowest BCUT2D eigenvalue weighted by Crippen LogP contribution is -2.29. The second kappa shape index (κ2) is 39.7. The molecule has 0 bridgehead atoms. The van der Waals surface area contributed by atoms with E-state index >= 15 is 0 Å². The molecule has 0 fully saturated rings. The standard InChI is InChI=1S/C43H78NO8P/c1-3-5-7-9-11-13-15-17-19-20-22-24-26-28-30-32-34-36-43(46)52-41(40-51-53(47,48)50-38-37-44)39-49-42(45)35-33-31-29-27-25-23-21-18-16-14-12-10-8-6-4-2/h6,8,10,12,14,16,18,21,41H,3-5,7,9,11,13,15,17,19-20,22-40,44H2,1-2H3,(H,47,48)/b8-6+,12-10+,16-14+,21-18+/t41-/m1/s1. The molecular formula is C43H78NO8P. The number of phosphoric acid groups is 1. The van der Waals surface area contributed by atoms with Crippen LogP contribution in [0.2, 0.25) is 0 Å². The molecule has 0 amide bonds. The summed E-state index contributed by atoms with van der Waals surface area (Å²) in [6, 6.07) is 0. The van der Waals surface area contributed by atoms with Gasteiger partial charge in [-0.15, -0.1) is 0 Å². The highest BCUT2D eigenvalue weighted by Gasteiger charge is 2.26. The molecule has 0 aromatic rings. The van der Waals surface area contributed by atoms with Gasteiger partial charge in [-0.05, 0) is 32.1 Å². The minimum absolute atomic E-state index is 0.0492. The first-order chi connectivity index (χ1) is 25.8. The molecule has 308 valence electrons. The summed E-state index contributed by atoms with van der Waals surface area (Å²) in [6.07, 6.45) is 44.2. The number of hydrogen-bond donors (Lipinski definition) is 2. The number of allylic oxidation sites excluding steroid dienone is 8. The van der Waals surface area contributed by atoms with Crippen molar-refractivity contribution < 1.29 is 37.6 Å². The first-order valence-corrected chi connectivity index (χ1v) is 22.7. The van der Waals surface area contributed by atoms with E-state index in [0.717, 1.165) is 51.4 Å². The number of ether oxygens (including phenoxy) is 2. The van der Waals surface area contributed by atoms with Crippen molar-refractivity contribution >= 4 is 19.8 Å². The number of carbonyl (C=O) groups is 2. The molecule has 0 rings (SSSR count). The Balaban J connectivity index is 4.18. The molecule has 0 saturated heterocycles. The van der Waals surface area contributed by atoms with Crippen molar-refractivity contribution in [2.75, 3.05) is 26.4 Å². The Morgan fingerprint density at radius 1 is 0.585 bits per heavy atom. The summed E-state index contributed by atoms with van der Waals surface area (Å²) in [5.74, 6) is -0.853. The average molecular weight is 768 g/mol. The number of carbonyl (C=O) groups excluding carboxylic acids is 2. The lowest BCUT2D eigenvalue weighted by Gasteiger charge is -2.19. The van der Waals surface area contributed by atoms with E-state index in [1.807, 2.05) is 30.4 Å². The van der Waals surface area contributed by atoms with E-state index < -0.39 is 32.5 Å². The lowest BCUT2D eigenvalue weighted by atomic mass is 10.0. The molecular weight excluding hydrogens is 689 g/mol.